The first kappa shape index (κ1) is 12.2. The first-order valence-corrected chi connectivity index (χ1v) is 5.99. The molecule has 100 valence electrons. The van der Waals surface area contributed by atoms with Crippen molar-refractivity contribution in [2.24, 2.45) is 0 Å². The van der Waals surface area contributed by atoms with Gasteiger partial charge in [0.1, 0.15) is 11.6 Å². The van der Waals surface area contributed by atoms with E-state index in [4.69, 9.17) is 0 Å². The van der Waals surface area contributed by atoms with Crippen LogP contribution in [0.2, 0.25) is 0 Å². The number of nitrogens with zero attached hydrogens (tertiary/aromatic N) is 2. The molecule has 0 saturated heterocycles. The number of nitrogens with one attached hydrogen (secondary N) is 1. The summed E-state index contributed by atoms with van der Waals surface area (Å²) in [6.07, 6.45) is 0. The Morgan fingerprint density at radius 2 is 2.05 bits per heavy atom. The van der Waals surface area contributed by atoms with Gasteiger partial charge in [-0.05, 0) is 30.7 Å². The van der Waals surface area contributed by atoms with E-state index in [1.54, 1.807) is 0 Å². The Kier molecular flexibility index (Phi) is 2.64. The van der Waals surface area contributed by atoms with Gasteiger partial charge >= 0.3 is 0 Å². The topological polar surface area (TPSA) is 92.1 Å². The third-order valence-electron chi connectivity index (χ3n) is 3.08. The minimum atomic E-state index is -0.504. The van der Waals surface area contributed by atoms with Crippen LogP contribution >= 0.6 is 0 Å². The van der Waals surface area contributed by atoms with Crippen LogP contribution in [-0.4, -0.2) is 20.0 Å². The number of aromatic nitrogens is 2. The van der Waals surface area contributed by atoms with Gasteiger partial charge in [-0.3, -0.25) is 10.1 Å². The molecular weight excluding hydrogens is 258 g/mol. The zero-order chi connectivity index (χ0) is 14.3. The van der Waals surface area contributed by atoms with Crippen LogP contribution in [0.5, 0.6) is 5.75 Å². The number of phenolic OH excluding ortho intramolecular Hbond substituents is 1. The van der Waals surface area contributed by atoms with Gasteiger partial charge in [0.25, 0.3) is 5.69 Å². The van der Waals surface area contributed by atoms with Crippen LogP contribution in [0.25, 0.3) is 22.4 Å². The van der Waals surface area contributed by atoms with Crippen molar-refractivity contribution < 1.29 is 10.0 Å². The Bertz CT molecular complexity index is 824. The molecule has 3 rings (SSSR count). The first-order valence-electron chi connectivity index (χ1n) is 5.99. The van der Waals surface area contributed by atoms with E-state index < -0.39 is 4.92 Å². The van der Waals surface area contributed by atoms with Gasteiger partial charge in [0, 0.05) is 12.1 Å². The standard InChI is InChI=1S/C14H11N3O3/c1-8-2-4-11-12(6-8)16-14(15-11)10-7-9(17(19)20)3-5-13(10)18/h2-7,18H,1H3,(H,15,16). The second-order valence-corrected chi connectivity index (χ2v) is 4.56. The van der Waals surface area contributed by atoms with E-state index >= 15 is 0 Å². The number of imidazole rings is 1. The number of phenols is 1. The molecular formula is C14H11N3O3. The van der Waals surface area contributed by atoms with Gasteiger partial charge < -0.3 is 10.1 Å². The summed E-state index contributed by atoms with van der Waals surface area (Å²) in [6.45, 7) is 1.96. The van der Waals surface area contributed by atoms with E-state index in [1.807, 2.05) is 25.1 Å². The number of nitro benzene ring substituents is 1. The summed E-state index contributed by atoms with van der Waals surface area (Å²) in [5.74, 6) is 0.359. The number of non-ortho nitro benzene ring substituents is 1. The molecule has 0 amide bonds. The number of fused-ring (bicyclic) bond motifs is 1. The first-order chi connectivity index (χ1) is 9.54. The maximum atomic E-state index is 10.8. The van der Waals surface area contributed by atoms with Crippen LogP contribution in [0.4, 0.5) is 5.69 Å². The Morgan fingerprint density at radius 3 is 2.80 bits per heavy atom. The number of hydrogen-bond acceptors (Lipinski definition) is 4. The molecule has 2 aromatic carbocycles. The van der Waals surface area contributed by atoms with Gasteiger partial charge in [-0.1, -0.05) is 6.07 Å². The number of hydrogen-bond donors (Lipinski definition) is 2. The number of benzene rings is 2. The van der Waals surface area contributed by atoms with Crippen LogP contribution < -0.4 is 0 Å². The molecule has 6 heteroatoms. The molecule has 6 nitrogen and oxygen atoms in total. The Balaban J connectivity index is 2.19. The third-order valence-corrected chi connectivity index (χ3v) is 3.08. The number of aromatic hydroxyl groups is 1. The summed E-state index contributed by atoms with van der Waals surface area (Å²) in [5.41, 5.74) is 2.88. The molecule has 0 radical (unpaired) electrons. The molecule has 0 bridgehead atoms. The normalized spacial score (nSPS) is 10.8. The van der Waals surface area contributed by atoms with E-state index in [0.29, 0.717) is 11.4 Å². The Labute approximate surface area is 113 Å². The van der Waals surface area contributed by atoms with Gasteiger partial charge in [-0.2, -0.15) is 0 Å². The molecule has 0 fully saturated rings. The molecule has 0 spiro atoms. The van der Waals surface area contributed by atoms with Crippen LogP contribution in [0.15, 0.2) is 36.4 Å². The van der Waals surface area contributed by atoms with Crippen LogP contribution in [-0.2, 0) is 0 Å². The van der Waals surface area contributed by atoms with Crippen LogP contribution in [0, 0.1) is 17.0 Å². The molecule has 20 heavy (non-hydrogen) atoms. The molecule has 1 heterocycles. The number of aromatic amines is 1. The van der Waals surface area contributed by atoms with E-state index in [2.05, 4.69) is 9.97 Å². The highest BCUT2D eigenvalue weighted by atomic mass is 16.6. The van der Waals surface area contributed by atoms with Crippen molar-refractivity contribution in [1.29, 1.82) is 0 Å². The highest BCUT2D eigenvalue weighted by molar-refractivity contribution is 5.81. The van der Waals surface area contributed by atoms with Crippen LogP contribution in [0.3, 0.4) is 0 Å². The zero-order valence-corrected chi connectivity index (χ0v) is 10.6. The summed E-state index contributed by atoms with van der Waals surface area (Å²) >= 11 is 0. The Hall–Kier alpha value is -2.89. The second kappa shape index (κ2) is 4.34. The molecule has 0 saturated carbocycles. The van der Waals surface area contributed by atoms with Crippen LogP contribution in [0.1, 0.15) is 5.56 Å². The molecule has 2 N–H and O–H groups in total. The second-order valence-electron chi connectivity index (χ2n) is 4.56. The average molecular weight is 269 g/mol. The summed E-state index contributed by atoms with van der Waals surface area (Å²) in [7, 11) is 0. The van der Waals surface area contributed by atoms with Crippen molar-refractivity contribution in [3.8, 4) is 17.1 Å². The largest absolute Gasteiger partial charge is 0.507 e. The number of nitro groups is 1. The van der Waals surface area contributed by atoms with Crippen molar-refractivity contribution in [3.05, 3.63) is 52.1 Å². The zero-order valence-electron chi connectivity index (χ0n) is 10.6. The lowest BCUT2D eigenvalue weighted by Gasteiger charge is -2.00. The van der Waals surface area contributed by atoms with E-state index in [0.717, 1.165) is 16.6 Å². The van der Waals surface area contributed by atoms with Gasteiger partial charge in [0.15, 0.2) is 0 Å². The van der Waals surface area contributed by atoms with Crippen molar-refractivity contribution in [3.63, 3.8) is 0 Å². The number of rotatable bonds is 2. The van der Waals surface area contributed by atoms with Crippen molar-refractivity contribution >= 4 is 16.7 Å². The summed E-state index contributed by atoms with van der Waals surface area (Å²) < 4.78 is 0. The predicted octanol–water partition coefficient (Wildman–Crippen LogP) is 3.15. The Morgan fingerprint density at radius 1 is 1.25 bits per heavy atom. The quantitative estimate of drug-likeness (QED) is 0.552. The highest BCUT2D eigenvalue weighted by Crippen LogP contribution is 2.32. The summed E-state index contributed by atoms with van der Waals surface area (Å²) in [6, 6.07) is 9.58. The summed E-state index contributed by atoms with van der Waals surface area (Å²) in [5, 5.41) is 20.7. The molecule has 0 aliphatic heterocycles. The highest BCUT2D eigenvalue weighted by Gasteiger charge is 2.14. The van der Waals surface area contributed by atoms with E-state index in [9.17, 15) is 15.2 Å². The van der Waals surface area contributed by atoms with E-state index in [-0.39, 0.29) is 11.4 Å². The van der Waals surface area contributed by atoms with Gasteiger partial charge in [0.2, 0.25) is 0 Å². The lowest BCUT2D eigenvalue weighted by Crippen LogP contribution is -1.89. The third kappa shape index (κ3) is 1.97. The summed E-state index contributed by atoms with van der Waals surface area (Å²) in [4.78, 5) is 17.7. The average Bonchev–Trinajstić information content (AvgIpc) is 2.81. The fourth-order valence-electron chi connectivity index (χ4n) is 2.08. The predicted molar refractivity (Wildman–Crippen MR) is 74.6 cm³/mol. The number of H-pyrrole nitrogens is 1. The molecule has 1 aromatic heterocycles. The van der Waals surface area contributed by atoms with Crippen molar-refractivity contribution in [2.45, 2.75) is 6.92 Å². The van der Waals surface area contributed by atoms with Crippen molar-refractivity contribution in [2.75, 3.05) is 0 Å². The van der Waals surface area contributed by atoms with E-state index in [1.165, 1.54) is 18.2 Å². The molecule has 0 aliphatic rings. The maximum Gasteiger partial charge on any atom is 0.270 e. The smallest absolute Gasteiger partial charge is 0.270 e. The maximum absolute atomic E-state index is 10.8. The van der Waals surface area contributed by atoms with Gasteiger partial charge in [0.05, 0.1) is 21.5 Å². The monoisotopic (exact) mass is 269 g/mol. The van der Waals surface area contributed by atoms with Gasteiger partial charge in [-0.25, -0.2) is 4.98 Å². The van der Waals surface area contributed by atoms with Crippen molar-refractivity contribution in [1.82, 2.24) is 9.97 Å². The lowest BCUT2D eigenvalue weighted by molar-refractivity contribution is -0.384. The molecule has 0 aliphatic carbocycles. The fraction of sp³-hybridized carbons (Fsp3) is 0.0714. The lowest BCUT2D eigenvalue weighted by atomic mass is 10.1. The minimum Gasteiger partial charge on any atom is -0.507 e. The minimum absolute atomic E-state index is 0.0496. The fourth-order valence-corrected chi connectivity index (χ4v) is 2.08. The molecule has 0 atom stereocenters. The van der Waals surface area contributed by atoms with Gasteiger partial charge in [-0.15, -0.1) is 0 Å². The molecule has 0 unspecified atom stereocenters. The number of aryl methyl sites for hydroxylation is 1. The SMILES string of the molecule is Cc1ccc2nc(-c3cc([N+](=O)[O-])ccc3O)[nH]c2c1. The molecule has 3 aromatic rings.